The molecule has 1 aliphatic heterocycles. The summed E-state index contributed by atoms with van der Waals surface area (Å²) in [4.78, 5) is 41.7. The molecule has 0 bridgehead atoms. The first-order valence-corrected chi connectivity index (χ1v) is 10.6. The number of carbonyl (C=O) groups is 1. The summed E-state index contributed by atoms with van der Waals surface area (Å²) in [5, 5.41) is 2.78. The maximum Gasteiger partial charge on any atom is 0.325 e. The molecule has 160 valence electrons. The predicted molar refractivity (Wildman–Crippen MR) is 122 cm³/mol. The number of hydrogen-bond acceptors (Lipinski definition) is 3. The van der Waals surface area contributed by atoms with Crippen molar-refractivity contribution < 1.29 is 4.79 Å². The number of amides is 1. The largest absolute Gasteiger partial charge is 0.327 e. The Balaban J connectivity index is 1.71. The molecule has 1 amide bonds. The highest BCUT2D eigenvalue weighted by Gasteiger charge is 2.54. The molecule has 0 spiro atoms. The molecule has 0 saturated heterocycles. The number of nitrogens with one attached hydrogen (secondary N) is 3. The predicted octanol–water partition coefficient (Wildman–Crippen LogP) is 3.30. The van der Waals surface area contributed by atoms with E-state index in [0.29, 0.717) is 17.8 Å². The van der Waals surface area contributed by atoms with Gasteiger partial charge in [-0.1, -0.05) is 72.8 Å². The molecule has 1 saturated carbocycles. The van der Waals surface area contributed by atoms with Crippen LogP contribution < -0.4 is 16.6 Å². The van der Waals surface area contributed by atoms with Gasteiger partial charge in [0.1, 0.15) is 0 Å². The molecule has 5 rings (SSSR count). The van der Waals surface area contributed by atoms with Crippen LogP contribution in [0.2, 0.25) is 0 Å². The van der Waals surface area contributed by atoms with Gasteiger partial charge in [-0.05, 0) is 28.9 Å². The number of benzene rings is 2. The number of allylic oxidation sites excluding steroid dienone is 1. The molecule has 3 N–H and O–H groups in total. The molecule has 6 heteroatoms. The summed E-state index contributed by atoms with van der Waals surface area (Å²) in [7, 11) is 0. The monoisotopic (exact) mass is 425 g/mol. The Labute approximate surface area is 184 Å². The van der Waals surface area contributed by atoms with Gasteiger partial charge in [0.25, 0.3) is 5.56 Å². The number of aromatic amines is 2. The molecular formula is C26H23N3O3. The Morgan fingerprint density at radius 1 is 0.750 bits per heavy atom. The Morgan fingerprint density at radius 2 is 1.34 bits per heavy atom. The standard InChI is InChI=1S/C26H23N3O3/c1-15-12-18(13-20(30)27-15)24-22(16-8-4-2-5-9-16)25(19-14-21(31)29-26(32)28-19)23(24)17-10-6-3-7-11-17/h2-11,13-14,22-25H,1,12H2,(H,27,30)(H2,28,29,31,32)/t22-,23-,24?,25?/m1/s1. The first-order valence-electron chi connectivity index (χ1n) is 10.6. The minimum absolute atomic E-state index is 0.0104. The first-order chi connectivity index (χ1) is 15.5. The topological polar surface area (TPSA) is 94.8 Å². The highest BCUT2D eigenvalue weighted by molar-refractivity contribution is 5.91. The van der Waals surface area contributed by atoms with Gasteiger partial charge in [0.05, 0.1) is 0 Å². The second-order valence-electron chi connectivity index (χ2n) is 8.46. The number of rotatable bonds is 4. The fraction of sp³-hybridized carbons (Fsp3) is 0.192. The van der Waals surface area contributed by atoms with Crippen molar-refractivity contribution in [2.75, 3.05) is 0 Å². The zero-order valence-electron chi connectivity index (χ0n) is 17.4. The van der Waals surface area contributed by atoms with Crippen molar-refractivity contribution in [3.8, 4) is 0 Å². The van der Waals surface area contributed by atoms with Gasteiger partial charge in [0.2, 0.25) is 5.91 Å². The average Bonchev–Trinajstić information content (AvgIpc) is 2.73. The van der Waals surface area contributed by atoms with Crippen molar-refractivity contribution in [1.82, 2.24) is 15.3 Å². The zero-order chi connectivity index (χ0) is 22.2. The summed E-state index contributed by atoms with van der Waals surface area (Å²) in [6.45, 7) is 3.99. The van der Waals surface area contributed by atoms with Crippen molar-refractivity contribution >= 4 is 5.91 Å². The maximum absolute atomic E-state index is 12.3. The van der Waals surface area contributed by atoms with Crippen molar-refractivity contribution in [3.05, 3.63) is 128 Å². The number of hydrogen-bond donors (Lipinski definition) is 3. The van der Waals surface area contributed by atoms with E-state index in [1.54, 1.807) is 6.08 Å². The third-order valence-corrected chi connectivity index (χ3v) is 6.52. The Bertz CT molecular complexity index is 1250. The van der Waals surface area contributed by atoms with Gasteiger partial charge >= 0.3 is 5.69 Å². The van der Waals surface area contributed by atoms with E-state index in [1.165, 1.54) is 6.07 Å². The summed E-state index contributed by atoms with van der Waals surface area (Å²) in [5.41, 5.74) is 3.58. The SMILES string of the molecule is C=C1CC(C2[C@@H](c3ccccc3)C(c3cc(=O)[nH]c(=O)[nH]3)[C@@H]2c2ccccc2)=CC(=O)N1. The zero-order valence-corrected chi connectivity index (χ0v) is 17.4. The molecular weight excluding hydrogens is 402 g/mol. The minimum Gasteiger partial charge on any atom is -0.327 e. The van der Waals surface area contributed by atoms with Crippen LogP contribution in [0.4, 0.5) is 0 Å². The second-order valence-corrected chi connectivity index (χ2v) is 8.46. The van der Waals surface area contributed by atoms with Crippen LogP contribution in [0.5, 0.6) is 0 Å². The van der Waals surface area contributed by atoms with E-state index >= 15 is 0 Å². The third-order valence-electron chi connectivity index (χ3n) is 6.52. The molecule has 1 aromatic heterocycles. The van der Waals surface area contributed by atoms with Gasteiger partial charge in [0.15, 0.2) is 0 Å². The fourth-order valence-electron chi connectivity index (χ4n) is 5.38. The van der Waals surface area contributed by atoms with Crippen LogP contribution in [-0.2, 0) is 4.79 Å². The molecule has 2 aliphatic rings. The van der Waals surface area contributed by atoms with Crippen LogP contribution in [0, 0.1) is 5.92 Å². The van der Waals surface area contributed by atoms with Crippen molar-refractivity contribution in [2.24, 2.45) is 5.92 Å². The molecule has 2 aromatic carbocycles. The fourth-order valence-corrected chi connectivity index (χ4v) is 5.38. The maximum atomic E-state index is 12.3. The van der Waals surface area contributed by atoms with Crippen LogP contribution in [0.25, 0.3) is 0 Å². The van der Waals surface area contributed by atoms with E-state index < -0.39 is 11.2 Å². The molecule has 32 heavy (non-hydrogen) atoms. The van der Waals surface area contributed by atoms with Crippen LogP contribution in [0.1, 0.15) is 41.0 Å². The van der Waals surface area contributed by atoms with E-state index in [9.17, 15) is 14.4 Å². The molecule has 1 fully saturated rings. The second kappa shape index (κ2) is 7.96. The third kappa shape index (κ3) is 3.54. The van der Waals surface area contributed by atoms with E-state index in [-0.39, 0.29) is 29.6 Å². The van der Waals surface area contributed by atoms with Gasteiger partial charge < -0.3 is 10.3 Å². The van der Waals surface area contributed by atoms with Gasteiger partial charge in [-0.3, -0.25) is 14.6 Å². The number of H-pyrrole nitrogens is 2. The average molecular weight is 425 g/mol. The smallest absolute Gasteiger partial charge is 0.325 e. The summed E-state index contributed by atoms with van der Waals surface area (Å²) in [6, 6.07) is 21.6. The lowest BCUT2D eigenvalue weighted by Gasteiger charge is -2.54. The molecule has 1 aliphatic carbocycles. The molecule has 3 aromatic rings. The van der Waals surface area contributed by atoms with E-state index in [2.05, 4.69) is 46.1 Å². The first kappa shape index (κ1) is 20.0. The Hall–Kier alpha value is -3.93. The molecule has 2 atom stereocenters. The van der Waals surface area contributed by atoms with Gasteiger partial charge in [0, 0.05) is 35.9 Å². The normalized spacial score (nSPS) is 24.9. The molecule has 0 radical (unpaired) electrons. The molecule has 2 heterocycles. The molecule has 0 unspecified atom stereocenters. The summed E-state index contributed by atoms with van der Waals surface area (Å²) < 4.78 is 0. The van der Waals surface area contributed by atoms with Crippen LogP contribution in [0.3, 0.4) is 0 Å². The highest BCUT2D eigenvalue weighted by atomic mass is 16.2. The summed E-state index contributed by atoms with van der Waals surface area (Å²) in [5.74, 6) is -0.287. The van der Waals surface area contributed by atoms with Gasteiger partial charge in [-0.2, -0.15) is 0 Å². The minimum atomic E-state index is -0.515. The lowest BCUT2D eigenvalue weighted by atomic mass is 9.49. The lowest BCUT2D eigenvalue weighted by molar-refractivity contribution is -0.116. The van der Waals surface area contributed by atoms with Gasteiger partial charge in [-0.25, -0.2) is 4.79 Å². The highest BCUT2D eigenvalue weighted by Crippen LogP contribution is 2.64. The van der Waals surface area contributed by atoms with Gasteiger partial charge in [-0.15, -0.1) is 0 Å². The van der Waals surface area contributed by atoms with E-state index in [1.807, 2.05) is 36.4 Å². The van der Waals surface area contributed by atoms with E-state index in [0.717, 1.165) is 16.7 Å². The van der Waals surface area contributed by atoms with E-state index in [4.69, 9.17) is 0 Å². The van der Waals surface area contributed by atoms with Crippen LogP contribution in [-0.4, -0.2) is 15.9 Å². The van der Waals surface area contributed by atoms with Crippen LogP contribution in [0.15, 0.2) is 100 Å². The number of aromatic nitrogens is 2. The van der Waals surface area contributed by atoms with Crippen molar-refractivity contribution in [2.45, 2.75) is 24.2 Å². The summed E-state index contributed by atoms with van der Waals surface area (Å²) >= 11 is 0. The quantitative estimate of drug-likeness (QED) is 0.599. The Morgan fingerprint density at radius 3 is 1.88 bits per heavy atom. The Kier molecular flexibility index (Phi) is 4.98. The van der Waals surface area contributed by atoms with Crippen molar-refractivity contribution in [3.63, 3.8) is 0 Å². The number of carbonyl (C=O) groups excluding carboxylic acids is 1. The van der Waals surface area contributed by atoms with Crippen molar-refractivity contribution in [1.29, 1.82) is 0 Å². The lowest BCUT2D eigenvalue weighted by Crippen LogP contribution is -2.45. The van der Waals surface area contributed by atoms with Crippen LogP contribution >= 0.6 is 0 Å². The summed E-state index contributed by atoms with van der Waals surface area (Å²) in [6.07, 6.45) is 2.27. The molecule has 6 nitrogen and oxygen atoms in total.